The highest BCUT2D eigenvalue weighted by Gasteiger charge is 2.08. The molecule has 0 saturated carbocycles. The van der Waals surface area contributed by atoms with Gasteiger partial charge in [-0.1, -0.05) is 33.8 Å². The van der Waals surface area contributed by atoms with E-state index < -0.39 is 0 Å². The number of hydrogen-bond donors (Lipinski definition) is 2. The van der Waals surface area contributed by atoms with Crippen LogP contribution in [0.15, 0.2) is 45.7 Å². The standard InChI is InChI=1S/C12H11BrN4OS2/c1-2-7-19-12-16-10(17-20-12)15-11(18)14-9-5-3-8(13)4-6-9/h2-6H,1,7H2,(H2,14,15,17,18). The molecular weight excluding hydrogens is 360 g/mol. The molecule has 0 radical (unpaired) electrons. The molecule has 104 valence electrons. The van der Waals surface area contributed by atoms with Gasteiger partial charge in [-0.2, -0.15) is 9.36 Å². The van der Waals surface area contributed by atoms with Crippen LogP contribution in [0.4, 0.5) is 16.4 Å². The van der Waals surface area contributed by atoms with E-state index in [-0.39, 0.29) is 6.03 Å². The van der Waals surface area contributed by atoms with E-state index in [0.29, 0.717) is 11.6 Å². The van der Waals surface area contributed by atoms with Gasteiger partial charge in [0.1, 0.15) is 0 Å². The number of benzene rings is 1. The summed E-state index contributed by atoms with van der Waals surface area (Å²) in [5.74, 6) is 1.07. The Balaban J connectivity index is 1.89. The molecule has 2 rings (SSSR count). The Morgan fingerprint density at radius 3 is 2.85 bits per heavy atom. The van der Waals surface area contributed by atoms with Crippen LogP contribution in [0.2, 0.25) is 0 Å². The third-order valence-corrected chi connectivity index (χ3v) is 4.42. The lowest BCUT2D eigenvalue weighted by Gasteiger charge is -2.04. The molecule has 2 aromatic rings. The summed E-state index contributed by atoms with van der Waals surface area (Å²) in [5.41, 5.74) is 0.696. The van der Waals surface area contributed by atoms with Gasteiger partial charge in [0.15, 0.2) is 4.34 Å². The van der Waals surface area contributed by atoms with E-state index in [0.717, 1.165) is 14.6 Å². The topological polar surface area (TPSA) is 66.9 Å². The van der Waals surface area contributed by atoms with Crippen LogP contribution >= 0.6 is 39.2 Å². The van der Waals surface area contributed by atoms with Crippen molar-refractivity contribution in [2.75, 3.05) is 16.4 Å². The van der Waals surface area contributed by atoms with Gasteiger partial charge in [0.05, 0.1) is 0 Å². The van der Waals surface area contributed by atoms with Crippen LogP contribution in [-0.4, -0.2) is 21.1 Å². The third kappa shape index (κ3) is 4.62. The SMILES string of the molecule is C=CCSc1nc(NC(=O)Nc2ccc(Br)cc2)ns1. The van der Waals surface area contributed by atoms with Crippen molar-refractivity contribution >= 4 is 56.9 Å². The largest absolute Gasteiger partial charge is 0.326 e. The molecule has 0 saturated heterocycles. The summed E-state index contributed by atoms with van der Waals surface area (Å²) in [6.07, 6.45) is 1.79. The molecule has 0 unspecified atom stereocenters. The Kier molecular flexibility index (Phi) is 5.57. The van der Waals surface area contributed by atoms with Gasteiger partial charge in [0.2, 0.25) is 5.95 Å². The maximum atomic E-state index is 11.8. The lowest BCUT2D eigenvalue weighted by Crippen LogP contribution is -2.20. The minimum atomic E-state index is -0.370. The predicted molar refractivity (Wildman–Crippen MR) is 87.6 cm³/mol. The molecule has 0 bridgehead atoms. The van der Waals surface area contributed by atoms with Gasteiger partial charge in [-0.25, -0.2) is 4.79 Å². The summed E-state index contributed by atoms with van der Waals surface area (Å²) >= 11 is 6.10. The van der Waals surface area contributed by atoms with E-state index in [4.69, 9.17) is 0 Å². The molecule has 1 heterocycles. The summed E-state index contributed by atoms with van der Waals surface area (Å²) in [5, 5.41) is 5.29. The van der Waals surface area contributed by atoms with Crippen molar-refractivity contribution in [3.63, 3.8) is 0 Å². The molecule has 0 spiro atoms. The number of aromatic nitrogens is 2. The highest BCUT2D eigenvalue weighted by molar-refractivity contribution is 9.10. The number of hydrogen-bond acceptors (Lipinski definition) is 5. The van der Waals surface area contributed by atoms with Gasteiger partial charge in [-0.05, 0) is 35.8 Å². The molecule has 2 N–H and O–H groups in total. The van der Waals surface area contributed by atoms with Crippen LogP contribution in [0.1, 0.15) is 0 Å². The van der Waals surface area contributed by atoms with Crippen LogP contribution in [0.3, 0.4) is 0 Å². The molecule has 0 aliphatic heterocycles. The summed E-state index contributed by atoms with van der Waals surface area (Å²) < 4.78 is 5.81. The first-order valence-corrected chi connectivity index (χ1v) is 8.13. The van der Waals surface area contributed by atoms with Gasteiger partial charge < -0.3 is 5.32 Å². The Bertz CT molecular complexity index is 600. The molecule has 2 amide bonds. The van der Waals surface area contributed by atoms with E-state index >= 15 is 0 Å². The van der Waals surface area contributed by atoms with Crippen LogP contribution in [0.25, 0.3) is 0 Å². The Morgan fingerprint density at radius 1 is 1.40 bits per heavy atom. The van der Waals surface area contributed by atoms with Gasteiger partial charge >= 0.3 is 6.03 Å². The smallest absolute Gasteiger partial charge is 0.308 e. The zero-order valence-electron chi connectivity index (χ0n) is 10.3. The highest BCUT2D eigenvalue weighted by atomic mass is 79.9. The molecule has 0 fully saturated rings. The van der Waals surface area contributed by atoms with E-state index in [2.05, 4.69) is 42.5 Å². The number of nitrogens with one attached hydrogen (secondary N) is 2. The van der Waals surface area contributed by atoms with Crippen molar-refractivity contribution in [2.24, 2.45) is 0 Å². The molecular formula is C12H11BrN4OS2. The van der Waals surface area contributed by atoms with Crippen LogP contribution in [-0.2, 0) is 0 Å². The van der Waals surface area contributed by atoms with Gasteiger partial charge in [0, 0.05) is 15.9 Å². The second-order valence-electron chi connectivity index (χ2n) is 3.57. The fraction of sp³-hybridized carbons (Fsp3) is 0.0833. The fourth-order valence-electron chi connectivity index (χ4n) is 1.25. The number of halogens is 1. The number of thioether (sulfide) groups is 1. The van der Waals surface area contributed by atoms with Gasteiger partial charge in [-0.15, -0.1) is 6.58 Å². The van der Waals surface area contributed by atoms with Crippen molar-refractivity contribution in [1.82, 2.24) is 9.36 Å². The fourth-order valence-corrected chi connectivity index (χ4v) is 2.83. The zero-order chi connectivity index (χ0) is 14.4. The Morgan fingerprint density at radius 2 is 2.15 bits per heavy atom. The number of nitrogens with zero attached hydrogens (tertiary/aromatic N) is 2. The summed E-state index contributed by atoms with van der Waals surface area (Å²) in [7, 11) is 0. The van der Waals surface area contributed by atoms with Gasteiger partial charge in [-0.3, -0.25) is 5.32 Å². The van der Waals surface area contributed by atoms with Crippen molar-refractivity contribution in [2.45, 2.75) is 4.34 Å². The molecule has 20 heavy (non-hydrogen) atoms. The van der Waals surface area contributed by atoms with E-state index in [1.54, 1.807) is 18.2 Å². The van der Waals surface area contributed by atoms with E-state index in [1.165, 1.54) is 23.3 Å². The molecule has 1 aromatic heterocycles. The first-order valence-electron chi connectivity index (χ1n) is 5.58. The first kappa shape index (κ1) is 15.0. The number of anilines is 2. The molecule has 0 aliphatic carbocycles. The normalized spacial score (nSPS) is 10.1. The zero-order valence-corrected chi connectivity index (χ0v) is 13.5. The molecule has 8 heteroatoms. The van der Waals surface area contributed by atoms with Crippen molar-refractivity contribution < 1.29 is 4.79 Å². The maximum absolute atomic E-state index is 11.8. The average Bonchev–Trinajstić information content (AvgIpc) is 2.86. The second-order valence-corrected chi connectivity index (χ2v) is 6.50. The lowest BCUT2D eigenvalue weighted by molar-refractivity contribution is 0.262. The van der Waals surface area contributed by atoms with Crippen LogP contribution < -0.4 is 10.6 Å². The minimum Gasteiger partial charge on any atom is -0.308 e. The second kappa shape index (κ2) is 7.41. The Hall–Kier alpha value is -1.38. The van der Waals surface area contributed by atoms with E-state index in [9.17, 15) is 4.79 Å². The summed E-state index contributed by atoms with van der Waals surface area (Å²) in [6, 6.07) is 6.92. The quantitative estimate of drug-likeness (QED) is 0.610. The van der Waals surface area contributed by atoms with E-state index in [1.807, 2.05) is 12.1 Å². The molecule has 0 atom stereocenters. The molecule has 1 aromatic carbocycles. The van der Waals surface area contributed by atoms with Crippen molar-refractivity contribution in [1.29, 1.82) is 0 Å². The monoisotopic (exact) mass is 370 g/mol. The number of urea groups is 1. The molecule has 0 aliphatic rings. The number of rotatable bonds is 5. The van der Waals surface area contributed by atoms with Crippen molar-refractivity contribution in [3.8, 4) is 0 Å². The lowest BCUT2D eigenvalue weighted by atomic mass is 10.3. The molecule has 5 nitrogen and oxygen atoms in total. The first-order chi connectivity index (χ1) is 9.67. The Labute approximate surface area is 133 Å². The third-order valence-electron chi connectivity index (χ3n) is 2.06. The van der Waals surface area contributed by atoms with Crippen LogP contribution in [0, 0.1) is 0 Å². The number of carbonyl (C=O) groups excluding carboxylic acids is 1. The predicted octanol–water partition coefficient (Wildman–Crippen LogP) is 4.22. The van der Waals surface area contributed by atoms with Crippen molar-refractivity contribution in [3.05, 3.63) is 41.4 Å². The summed E-state index contributed by atoms with van der Waals surface area (Å²) in [6.45, 7) is 3.64. The maximum Gasteiger partial charge on any atom is 0.326 e. The minimum absolute atomic E-state index is 0.302. The van der Waals surface area contributed by atoms with Gasteiger partial charge in [0.25, 0.3) is 0 Å². The number of amides is 2. The average molecular weight is 371 g/mol. The summed E-state index contributed by atoms with van der Waals surface area (Å²) in [4.78, 5) is 15.9. The number of carbonyl (C=O) groups is 1. The highest BCUT2D eigenvalue weighted by Crippen LogP contribution is 2.22. The van der Waals surface area contributed by atoms with Crippen LogP contribution in [0.5, 0.6) is 0 Å².